The first kappa shape index (κ1) is 52.7. The Morgan fingerprint density at radius 3 is 1.48 bits per heavy atom. The number of aromatic hydroxyl groups is 2. The van der Waals surface area contributed by atoms with E-state index in [9.17, 15) is 53.4 Å². The molecule has 0 aliphatic heterocycles. The van der Waals surface area contributed by atoms with Gasteiger partial charge >= 0.3 is 23.9 Å². The van der Waals surface area contributed by atoms with Crippen LogP contribution in [0.5, 0.6) is 17.6 Å². The van der Waals surface area contributed by atoms with E-state index in [1.807, 2.05) is 0 Å². The molecular formula is C35H48N10O16S2. The van der Waals surface area contributed by atoms with Gasteiger partial charge in [0.25, 0.3) is 11.8 Å². The molecule has 4 amide bonds. The number of methoxy groups -OCH3 is 1. The lowest BCUT2D eigenvalue weighted by molar-refractivity contribution is -0.140. The predicted octanol–water partition coefficient (Wildman–Crippen LogP) is -2.65. The number of nitrogens with two attached hydrogens (primary N) is 2. The van der Waals surface area contributed by atoms with E-state index in [4.69, 9.17) is 36.6 Å². The van der Waals surface area contributed by atoms with Gasteiger partial charge in [0.05, 0.1) is 47.1 Å². The first-order chi connectivity index (χ1) is 29.6. The van der Waals surface area contributed by atoms with Crippen LogP contribution in [0.25, 0.3) is 0 Å². The van der Waals surface area contributed by atoms with E-state index in [2.05, 4.69) is 41.2 Å². The van der Waals surface area contributed by atoms with Crippen LogP contribution in [0.1, 0.15) is 66.1 Å². The zero-order chi connectivity index (χ0) is 47.4. The lowest BCUT2D eigenvalue weighted by Gasteiger charge is -2.23. The highest BCUT2D eigenvalue weighted by molar-refractivity contribution is 7.99. The second-order valence-electron chi connectivity index (χ2n) is 13.4. The fourth-order valence-corrected chi connectivity index (χ4v) is 7.52. The number of aliphatic carboxylic acids is 4. The number of Topliss-reactive ketones (excluding diaryl/α,β-unsaturated/α-hetero) is 1. The Morgan fingerprint density at radius 2 is 1.10 bits per heavy atom. The lowest BCUT2D eigenvalue weighted by Crippen LogP contribution is -2.49. The van der Waals surface area contributed by atoms with Gasteiger partial charge in [0.15, 0.2) is 0 Å². The van der Waals surface area contributed by atoms with Crippen LogP contribution in [0.2, 0.25) is 0 Å². The SMILES string of the molecule is COc1nc(C(CC(=O)CC(SC[C@H](NC(=O)CC[C@H](N)C(=O)O)C(=O)NCC(=O)O)c2cnc(O)c(C)n2)SC[C@H](NC(=O)CC[C@@H](N)C(=O)O)C(=O)NCC(=O)O)cnc1O. The standard InChI is InChI=1S/C35H48N10O16S2/c1-15-29(53)38-9-19(42-15)23(62-13-21(30(54)40-11-27(49)50)43-25(47)5-3-17(36)34(57)58)7-16(46)8-24(20-10-39-32(56)33(45-20)61-2)63-14-22(31(55)41-12-28(51)52)44-26(48)6-4-18(37)35(59)60/h9-10,17-18,21-24H,3-8,11-14,36-37H2,1-2H3,(H,38,53)(H,39,56)(H,40,54)(H,41,55)(H,43,47)(H,44,48)(H,49,50)(H,51,52)(H,57,58)(H,59,60)/t17-,18+,21-,22-,23?,24?/m0/s1. The van der Waals surface area contributed by atoms with E-state index in [1.54, 1.807) is 0 Å². The van der Waals surface area contributed by atoms with Gasteiger partial charge in [-0.25, -0.2) is 19.9 Å². The van der Waals surface area contributed by atoms with Gasteiger partial charge < -0.3 is 68.1 Å². The highest BCUT2D eigenvalue weighted by Gasteiger charge is 2.30. The minimum atomic E-state index is -1.45. The number of nitrogens with one attached hydrogen (secondary N) is 4. The zero-order valence-electron chi connectivity index (χ0n) is 33.7. The molecule has 6 atom stereocenters. The number of amides is 4. The van der Waals surface area contributed by atoms with Crippen molar-refractivity contribution in [2.45, 2.75) is 80.1 Å². The van der Waals surface area contributed by atoms with Crippen molar-refractivity contribution in [3.63, 3.8) is 0 Å². The molecule has 0 aromatic carbocycles. The Bertz CT molecular complexity index is 2000. The van der Waals surface area contributed by atoms with Gasteiger partial charge in [-0.15, -0.1) is 23.5 Å². The number of aryl methyl sites for hydroxylation is 1. The van der Waals surface area contributed by atoms with Gasteiger partial charge in [-0.3, -0.25) is 43.2 Å². The summed E-state index contributed by atoms with van der Waals surface area (Å²) in [5.74, 6) is -11.6. The molecule has 0 aliphatic carbocycles. The van der Waals surface area contributed by atoms with Gasteiger partial charge in [0, 0.05) is 37.2 Å². The summed E-state index contributed by atoms with van der Waals surface area (Å²) in [5, 5.41) is 63.7. The van der Waals surface area contributed by atoms with E-state index in [0.717, 1.165) is 35.9 Å². The summed E-state index contributed by atoms with van der Waals surface area (Å²) in [6.45, 7) is -0.226. The molecule has 346 valence electrons. The molecule has 0 saturated carbocycles. The number of rotatable bonds is 29. The van der Waals surface area contributed by atoms with Crippen LogP contribution in [0.15, 0.2) is 12.4 Å². The fraction of sp³-hybridized carbons (Fsp3) is 0.514. The number of hydrogen-bond donors (Lipinski definition) is 12. The molecule has 0 spiro atoms. The lowest BCUT2D eigenvalue weighted by atomic mass is 10.1. The molecular weight excluding hydrogens is 881 g/mol. The van der Waals surface area contributed by atoms with Crippen molar-refractivity contribution in [2.24, 2.45) is 11.5 Å². The fourth-order valence-electron chi connectivity index (χ4n) is 5.03. The number of hydrogen-bond acceptors (Lipinski definition) is 20. The highest BCUT2D eigenvalue weighted by atomic mass is 32.2. The molecule has 2 unspecified atom stereocenters. The van der Waals surface area contributed by atoms with E-state index < -0.39 is 138 Å². The molecule has 0 bridgehead atoms. The average Bonchev–Trinajstić information content (AvgIpc) is 3.22. The molecule has 0 aliphatic rings. The number of carbonyl (C=O) groups excluding carboxylic acids is 5. The first-order valence-electron chi connectivity index (χ1n) is 18.5. The van der Waals surface area contributed by atoms with Gasteiger partial charge in [0.1, 0.15) is 43.0 Å². The van der Waals surface area contributed by atoms with Crippen LogP contribution in [0.3, 0.4) is 0 Å². The summed E-state index contributed by atoms with van der Waals surface area (Å²) in [6, 6.07) is -5.67. The van der Waals surface area contributed by atoms with Gasteiger partial charge in [-0.1, -0.05) is 0 Å². The molecule has 0 radical (unpaired) electrons. The van der Waals surface area contributed by atoms with Crippen LogP contribution in [0, 0.1) is 6.92 Å². The zero-order valence-corrected chi connectivity index (χ0v) is 35.3. The number of ketones is 1. The number of nitrogens with zero attached hydrogens (tertiary/aromatic N) is 4. The topological polar surface area (TPSA) is 436 Å². The minimum absolute atomic E-state index is 0.0384. The summed E-state index contributed by atoms with van der Waals surface area (Å²) in [5.41, 5.74) is 11.2. The van der Waals surface area contributed by atoms with Crippen LogP contribution in [-0.2, 0) is 43.2 Å². The number of thioether (sulfide) groups is 2. The second kappa shape index (κ2) is 26.2. The Kier molecular flexibility index (Phi) is 21.9. The van der Waals surface area contributed by atoms with E-state index >= 15 is 0 Å². The van der Waals surface area contributed by atoms with E-state index in [0.29, 0.717) is 0 Å². The smallest absolute Gasteiger partial charge is 0.322 e. The van der Waals surface area contributed by atoms with Crippen molar-refractivity contribution in [1.82, 2.24) is 41.2 Å². The monoisotopic (exact) mass is 928 g/mol. The summed E-state index contributed by atoms with van der Waals surface area (Å²) in [6.07, 6.45) is 0.0286. The molecule has 14 N–H and O–H groups in total. The Hall–Kier alpha value is -6.39. The average molecular weight is 929 g/mol. The third-order valence-corrected chi connectivity index (χ3v) is 11.1. The third kappa shape index (κ3) is 19.0. The summed E-state index contributed by atoms with van der Waals surface area (Å²) in [7, 11) is 1.18. The quantitative estimate of drug-likeness (QED) is 0.0396. The van der Waals surface area contributed by atoms with Crippen molar-refractivity contribution >= 4 is 76.8 Å². The van der Waals surface area contributed by atoms with Crippen molar-refractivity contribution < 1.29 is 78.5 Å². The molecule has 0 fully saturated rings. The maximum atomic E-state index is 14.1. The van der Waals surface area contributed by atoms with Crippen LogP contribution in [0.4, 0.5) is 0 Å². The molecule has 63 heavy (non-hydrogen) atoms. The van der Waals surface area contributed by atoms with Crippen molar-refractivity contribution in [1.29, 1.82) is 0 Å². The van der Waals surface area contributed by atoms with Crippen LogP contribution < -0.4 is 37.5 Å². The highest BCUT2D eigenvalue weighted by Crippen LogP contribution is 2.38. The number of aromatic nitrogens is 4. The number of carboxylic acid groups (broad SMARTS) is 4. The van der Waals surface area contributed by atoms with Crippen molar-refractivity contribution in [2.75, 3.05) is 31.7 Å². The Labute approximate surface area is 366 Å². The molecule has 26 nitrogen and oxygen atoms in total. The molecule has 2 heterocycles. The van der Waals surface area contributed by atoms with Gasteiger partial charge in [0.2, 0.25) is 29.5 Å². The summed E-state index contributed by atoms with van der Waals surface area (Å²) < 4.78 is 5.07. The molecule has 28 heteroatoms. The van der Waals surface area contributed by atoms with Crippen LogP contribution >= 0.6 is 23.5 Å². The second-order valence-corrected chi connectivity index (χ2v) is 15.8. The Morgan fingerprint density at radius 1 is 0.683 bits per heavy atom. The third-order valence-electron chi connectivity index (χ3n) is 8.42. The molecule has 2 aromatic heterocycles. The van der Waals surface area contributed by atoms with E-state index in [1.165, 1.54) is 14.0 Å². The minimum Gasteiger partial charge on any atom is -0.492 e. The van der Waals surface area contributed by atoms with Crippen molar-refractivity contribution in [3.05, 3.63) is 29.5 Å². The summed E-state index contributed by atoms with van der Waals surface area (Å²) in [4.78, 5) is 127. The molecule has 2 aromatic rings. The molecule has 2 rings (SSSR count). The number of carboxylic acids is 4. The summed E-state index contributed by atoms with van der Waals surface area (Å²) >= 11 is 1.79. The largest absolute Gasteiger partial charge is 0.492 e. The number of ether oxygens (including phenoxy) is 1. The van der Waals surface area contributed by atoms with E-state index in [-0.39, 0.29) is 47.3 Å². The Balaban J connectivity index is 2.47. The van der Waals surface area contributed by atoms with Gasteiger partial charge in [-0.05, 0) is 19.8 Å². The van der Waals surface area contributed by atoms with Gasteiger partial charge in [-0.2, -0.15) is 0 Å². The number of carbonyl (C=O) groups is 9. The van der Waals surface area contributed by atoms with Crippen molar-refractivity contribution in [3.8, 4) is 17.6 Å². The maximum absolute atomic E-state index is 14.1. The molecule has 0 saturated heterocycles. The first-order valence-corrected chi connectivity index (χ1v) is 20.6. The normalized spacial score (nSPS) is 13.8. The van der Waals surface area contributed by atoms with Crippen LogP contribution in [-0.4, -0.2) is 160 Å². The predicted molar refractivity (Wildman–Crippen MR) is 218 cm³/mol. The maximum Gasteiger partial charge on any atom is 0.322 e.